The van der Waals surface area contributed by atoms with Gasteiger partial charge in [0.05, 0.1) is 17.1 Å². The number of hydrogen-bond donors (Lipinski definition) is 0. The Bertz CT molecular complexity index is 3790. The van der Waals surface area contributed by atoms with Crippen molar-refractivity contribution in [3.63, 3.8) is 0 Å². The Morgan fingerprint density at radius 2 is 0.938 bits per heavy atom. The van der Waals surface area contributed by atoms with Crippen molar-refractivity contribution in [3.05, 3.63) is 247 Å². The molecule has 3 heterocycles. The molecule has 14 rings (SSSR count). The summed E-state index contributed by atoms with van der Waals surface area (Å²) in [5, 5.41) is 7.58. The summed E-state index contributed by atoms with van der Waals surface area (Å²) in [7, 11) is 0. The molecule has 11 aromatic rings. The van der Waals surface area contributed by atoms with Crippen molar-refractivity contribution < 1.29 is 0 Å². The van der Waals surface area contributed by atoms with E-state index in [9.17, 15) is 0 Å². The maximum absolute atomic E-state index is 2.62. The largest absolute Gasteiger partial charge is 0.332 e. The van der Waals surface area contributed by atoms with Crippen molar-refractivity contribution in [3.8, 4) is 39.1 Å². The molecule has 64 heavy (non-hydrogen) atoms. The molecule has 0 spiro atoms. The van der Waals surface area contributed by atoms with E-state index in [1.54, 1.807) is 0 Å². The molecule has 1 aromatic heterocycles. The van der Waals surface area contributed by atoms with Crippen LogP contribution in [-0.2, 0) is 0 Å². The van der Waals surface area contributed by atoms with Gasteiger partial charge in [0, 0.05) is 39.3 Å². The van der Waals surface area contributed by atoms with Gasteiger partial charge in [-0.3, -0.25) is 0 Å². The second-order valence-electron chi connectivity index (χ2n) is 17.7. The summed E-state index contributed by atoms with van der Waals surface area (Å²) in [6.07, 6.45) is 5.02. The van der Waals surface area contributed by atoms with Crippen LogP contribution in [0.5, 0.6) is 0 Å². The summed E-state index contributed by atoms with van der Waals surface area (Å²) in [5.74, 6) is 0.214. The Morgan fingerprint density at radius 3 is 1.75 bits per heavy atom. The van der Waals surface area contributed by atoms with Gasteiger partial charge >= 0.3 is 0 Å². The molecule has 0 radical (unpaired) electrons. The third-order valence-electron chi connectivity index (χ3n) is 14.2. The Kier molecular flexibility index (Phi) is 7.55. The Balaban J connectivity index is 0.848. The molecular weight excluding hydrogens is 773 g/mol. The third kappa shape index (κ3) is 5.26. The van der Waals surface area contributed by atoms with Crippen molar-refractivity contribution >= 4 is 65.9 Å². The molecule has 2 aliphatic heterocycles. The van der Waals surface area contributed by atoms with E-state index < -0.39 is 0 Å². The maximum atomic E-state index is 2.62. The predicted octanol–water partition coefficient (Wildman–Crippen LogP) is 16.2. The molecule has 1 aliphatic carbocycles. The van der Waals surface area contributed by atoms with Gasteiger partial charge < -0.3 is 9.47 Å². The minimum atomic E-state index is 0.167. The normalized spacial score (nSPS) is 16.0. The van der Waals surface area contributed by atoms with Crippen molar-refractivity contribution in [1.82, 2.24) is 4.57 Å². The van der Waals surface area contributed by atoms with Crippen molar-refractivity contribution in [2.45, 2.75) is 12.0 Å². The van der Waals surface area contributed by atoms with Gasteiger partial charge in [0.15, 0.2) is 0 Å². The fourth-order valence-corrected chi connectivity index (χ4v) is 11.2. The highest BCUT2D eigenvalue weighted by atomic mass is 15.2. The number of hydrogen-bond acceptors (Lipinski definition) is 1. The van der Waals surface area contributed by atoms with Crippen LogP contribution in [0.1, 0.15) is 22.6 Å². The summed E-state index contributed by atoms with van der Waals surface area (Å²) >= 11 is 0. The molecule has 0 N–H and O–H groups in total. The van der Waals surface area contributed by atoms with Gasteiger partial charge in [-0.15, -0.1) is 0 Å². The van der Waals surface area contributed by atoms with E-state index in [0.717, 1.165) is 5.69 Å². The standard InChI is InChI=1S/C62H40N2/c1-2-12-43-33-46(26-25-39(43)11-1)41-27-30-49(31-28-41)63-58-18-8-6-16-51(58)55-36-47(29-32-61(55)63)40-21-23-42(24-22-40)48-37-56-52-17-7-10-20-60(52)64-59-19-9-5-15-50(59)53-34-44-13-3-4-14-45(44)35-54(53)57(38-48)62(56)64/h1-38,56,62H. The fraction of sp³-hybridized carbons (Fsp3) is 0.0323. The first-order chi connectivity index (χ1) is 31.7. The molecule has 0 saturated heterocycles. The first-order valence-corrected chi connectivity index (χ1v) is 22.4. The molecule has 298 valence electrons. The van der Waals surface area contributed by atoms with E-state index in [0.29, 0.717) is 0 Å². The Hall–Kier alpha value is -8.20. The average Bonchev–Trinajstić information content (AvgIpc) is 3.84. The lowest BCUT2D eigenvalue weighted by atomic mass is 9.78. The van der Waals surface area contributed by atoms with Crippen LogP contribution in [0.15, 0.2) is 231 Å². The van der Waals surface area contributed by atoms with Crippen molar-refractivity contribution in [2.75, 3.05) is 4.90 Å². The van der Waals surface area contributed by atoms with Gasteiger partial charge in [-0.05, 0) is 144 Å². The lowest BCUT2D eigenvalue weighted by Crippen LogP contribution is -2.31. The molecule has 0 saturated carbocycles. The molecule has 10 aromatic carbocycles. The van der Waals surface area contributed by atoms with Gasteiger partial charge in [0.25, 0.3) is 0 Å². The first kappa shape index (κ1) is 35.4. The molecule has 0 amide bonds. The van der Waals surface area contributed by atoms with Crippen LogP contribution in [0, 0.1) is 0 Å². The van der Waals surface area contributed by atoms with Gasteiger partial charge in [-0.25, -0.2) is 0 Å². The smallest absolute Gasteiger partial charge is 0.0702 e. The van der Waals surface area contributed by atoms with E-state index in [2.05, 4.69) is 240 Å². The van der Waals surface area contributed by atoms with Crippen LogP contribution in [0.2, 0.25) is 0 Å². The molecule has 2 heteroatoms. The fourth-order valence-electron chi connectivity index (χ4n) is 11.2. The summed E-state index contributed by atoms with van der Waals surface area (Å²) in [5.41, 5.74) is 20.2. The van der Waals surface area contributed by atoms with Crippen LogP contribution >= 0.6 is 0 Å². The molecule has 0 bridgehead atoms. The lowest BCUT2D eigenvalue weighted by molar-refractivity contribution is 0.767. The second kappa shape index (κ2) is 13.6. The molecule has 2 nitrogen and oxygen atoms in total. The predicted molar refractivity (Wildman–Crippen MR) is 270 cm³/mol. The van der Waals surface area contributed by atoms with E-state index in [-0.39, 0.29) is 12.0 Å². The third-order valence-corrected chi connectivity index (χ3v) is 14.2. The van der Waals surface area contributed by atoms with Gasteiger partial charge in [-0.1, -0.05) is 164 Å². The molecule has 3 aliphatic rings. The quantitative estimate of drug-likeness (QED) is 0.172. The minimum absolute atomic E-state index is 0.167. The monoisotopic (exact) mass is 812 g/mol. The second-order valence-corrected chi connectivity index (χ2v) is 17.7. The molecule has 2 atom stereocenters. The highest BCUT2D eigenvalue weighted by Crippen LogP contribution is 2.58. The van der Waals surface area contributed by atoms with Gasteiger partial charge in [0.2, 0.25) is 0 Å². The highest BCUT2D eigenvalue weighted by Gasteiger charge is 2.45. The summed E-state index contributed by atoms with van der Waals surface area (Å²) in [6, 6.07) is 81.3. The van der Waals surface area contributed by atoms with E-state index in [4.69, 9.17) is 0 Å². The molecule has 0 fully saturated rings. The van der Waals surface area contributed by atoms with Crippen LogP contribution in [0.4, 0.5) is 11.4 Å². The maximum Gasteiger partial charge on any atom is 0.0702 e. The Labute approximate surface area is 371 Å². The summed E-state index contributed by atoms with van der Waals surface area (Å²) in [6.45, 7) is 0. The topological polar surface area (TPSA) is 8.17 Å². The number of allylic oxidation sites excluding steroid dienone is 2. The van der Waals surface area contributed by atoms with E-state index in [1.807, 2.05) is 0 Å². The lowest BCUT2D eigenvalue weighted by Gasteiger charge is -2.33. The van der Waals surface area contributed by atoms with Crippen LogP contribution in [0.25, 0.3) is 93.6 Å². The zero-order chi connectivity index (χ0) is 41.9. The molecular formula is C62H40N2. The number of nitrogens with zero attached hydrogens (tertiary/aromatic N) is 2. The summed E-state index contributed by atoms with van der Waals surface area (Å²) in [4.78, 5) is 2.62. The number of para-hydroxylation sites is 3. The van der Waals surface area contributed by atoms with Gasteiger partial charge in [-0.2, -0.15) is 0 Å². The van der Waals surface area contributed by atoms with Crippen LogP contribution in [0.3, 0.4) is 0 Å². The minimum Gasteiger partial charge on any atom is -0.332 e. The number of rotatable bonds is 4. The number of fused-ring (bicyclic) bond motifs is 13. The summed E-state index contributed by atoms with van der Waals surface area (Å²) < 4.78 is 2.41. The Morgan fingerprint density at radius 1 is 0.359 bits per heavy atom. The van der Waals surface area contributed by atoms with Gasteiger partial charge in [0.1, 0.15) is 0 Å². The SMILES string of the molecule is C1=C(c2ccc(-c3ccc4c(c3)c3ccccc3n4-c3ccc(-c4ccc5ccccc5c4)cc3)cc2)C=C2c3cc4ccccc4cc3-c3ccccc3N3c4ccccc4C1C23. The number of anilines is 2. The zero-order valence-electron chi connectivity index (χ0n) is 35.0. The first-order valence-electron chi connectivity index (χ1n) is 22.4. The number of benzene rings is 10. The van der Waals surface area contributed by atoms with E-state index in [1.165, 1.54) is 116 Å². The number of aromatic nitrogens is 1. The highest BCUT2D eigenvalue weighted by molar-refractivity contribution is 6.11. The average molecular weight is 813 g/mol. The van der Waals surface area contributed by atoms with Crippen LogP contribution < -0.4 is 4.90 Å². The molecule has 2 unspecified atom stereocenters. The van der Waals surface area contributed by atoms with Crippen LogP contribution in [-0.4, -0.2) is 10.6 Å². The van der Waals surface area contributed by atoms with Crippen molar-refractivity contribution in [1.29, 1.82) is 0 Å². The zero-order valence-corrected chi connectivity index (χ0v) is 35.0. The van der Waals surface area contributed by atoms with Crippen molar-refractivity contribution in [2.24, 2.45) is 0 Å². The van der Waals surface area contributed by atoms with E-state index >= 15 is 0 Å².